The lowest BCUT2D eigenvalue weighted by Crippen LogP contribution is -2.38. The predicted molar refractivity (Wildman–Crippen MR) is 171 cm³/mol. The lowest BCUT2D eigenvalue weighted by Gasteiger charge is -2.23. The first-order valence-corrected chi connectivity index (χ1v) is 16.1. The van der Waals surface area contributed by atoms with Gasteiger partial charge in [-0.2, -0.15) is 0 Å². The number of rotatable bonds is 10. The van der Waals surface area contributed by atoms with E-state index in [9.17, 15) is 12.8 Å². The molecule has 11 heteroatoms. The molecule has 2 aromatic heterocycles. The van der Waals surface area contributed by atoms with Crippen molar-refractivity contribution in [3.63, 3.8) is 0 Å². The number of sulfonamides is 1. The number of anilines is 2. The molecule has 1 saturated heterocycles. The average Bonchev–Trinajstić information content (AvgIpc) is 3.03. The number of piperidine rings is 1. The van der Waals surface area contributed by atoms with Crippen LogP contribution in [0.25, 0.3) is 22.0 Å². The maximum atomic E-state index is 13.5. The van der Waals surface area contributed by atoms with Crippen molar-refractivity contribution < 1.29 is 17.5 Å². The number of fused-ring (bicyclic) bond motifs is 1. The second-order valence-corrected chi connectivity index (χ2v) is 12.5. The van der Waals surface area contributed by atoms with E-state index in [0.717, 1.165) is 31.5 Å². The van der Waals surface area contributed by atoms with E-state index in [1.54, 1.807) is 48.8 Å². The van der Waals surface area contributed by atoms with E-state index < -0.39 is 16.7 Å². The number of alkyl halides is 1. The van der Waals surface area contributed by atoms with E-state index in [1.165, 1.54) is 0 Å². The topological polar surface area (TPSA) is 118 Å². The van der Waals surface area contributed by atoms with Crippen LogP contribution in [0, 0.1) is 6.92 Å². The Hall–Kier alpha value is -4.61. The van der Waals surface area contributed by atoms with E-state index in [-0.39, 0.29) is 11.8 Å². The molecule has 1 fully saturated rings. The third-order valence-electron chi connectivity index (χ3n) is 7.61. The molecule has 6 rings (SSSR count). The Morgan fingerprint density at radius 2 is 1.82 bits per heavy atom. The molecule has 0 bridgehead atoms. The van der Waals surface area contributed by atoms with E-state index >= 15 is 0 Å². The number of nitrogens with zero attached hydrogens (tertiary/aromatic N) is 3. The minimum atomic E-state index is -3.85. The second kappa shape index (κ2) is 12.9. The maximum Gasteiger partial charge on any atom is 0.236 e. The van der Waals surface area contributed by atoms with Crippen molar-refractivity contribution in [2.24, 2.45) is 0 Å². The molecule has 0 amide bonds. The summed E-state index contributed by atoms with van der Waals surface area (Å²) in [6, 6.07) is 21.5. The van der Waals surface area contributed by atoms with Crippen molar-refractivity contribution in [1.29, 1.82) is 0 Å². The molecule has 0 spiro atoms. The van der Waals surface area contributed by atoms with Crippen LogP contribution in [0.15, 0.2) is 85.2 Å². The number of hydrogen-bond acceptors (Lipinski definition) is 8. The third-order valence-corrected chi connectivity index (χ3v) is 8.84. The van der Waals surface area contributed by atoms with Gasteiger partial charge in [0.05, 0.1) is 22.7 Å². The van der Waals surface area contributed by atoms with Crippen LogP contribution < -0.4 is 20.1 Å². The van der Waals surface area contributed by atoms with Gasteiger partial charge in [-0.15, -0.1) is 0 Å². The number of halogens is 1. The fourth-order valence-electron chi connectivity index (χ4n) is 5.40. The number of benzene rings is 3. The van der Waals surface area contributed by atoms with Crippen LogP contribution >= 0.6 is 0 Å². The van der Waals surface area contributed by atoms with Gasteiger partial charge in [-0.05, 0) is 67.3 Å². The lowest BCUT2D eigenvalue weighted by atomic mass is 10.0. The smallest absolute Gasteiger partial charge is 0.236 e. The summed E-state index contributed by atoms with van der Waals surface area (Å²) in [5, 5.41) is 8.17. The number of aromatic nitrogens is 3. The van der Waals surface area contributed by atoms with Crippen molar-refractivity contribution in [1.82, 2.24) is 20.3 Å². The Balaban J connectivity index is 1.30. The van der Waals surface area contributed by atoms with Gasteiger partial charge in [0, 0.05) is 35.8 Å². The molecule has 5 aromatic rings. The molecule has 3 N–H and O–H groups in total. The van der Waals surface area contributed by atoms with Crippen LogP contribution in [0.4, 0.5) is 16.0 Å². The molecule has 226 valence electrons. The van der Waals surface area contributed by atoms with E-state index in [2.05, 4.69) is 25.3 Å². The number of pyridine rings is 1. The lowest BCUT2D eigenvalue weighted by molar-refractivity contribution is 0.466. The Morgan fingerprint density at radius 3 is 2.64 bits per heavy atom. The molecule has 3 heterocycles. The van der Waals surface area contributed by atoms with Gasteiger partial charge in [0.2, 0.25) is 21.9 Å². The molecule has 0 aliphatic carbocycles. The first-order chi connectivity index (χ1) is 21.4. The molecule has 1 unspecified atom stereocenters. The van der Waals surface area contributed by atoms with Crippen molar-refractivity contribution >= 4 is 32.4 Å². The van der Waals surface area contributed by atoms with Gasteiger partial charge in [-0.25, -0.2) is 27.8 Å². The largest absolute Gasteiger partial charge is 0.437 e. The first-order valence-electron chi connectivity index (χ1n) is 14.5. The minimum Gasteiger partial charge on any atom is -0.437 e. The van der Waals surface area contributed by atoms with Gasteiger partial charge in [-0.1, -0.05) is 48.5 Å². The molecule has 1 atom stereocenters. The second-order valence-electron chi connectivity index (χ2n) is 10.8. The van der Waals surface area contributed by atoms with Crippen LogP contribution in [0.3, 0.4) is 0 Å². The molecule has 0 saturated carbocycles. The molecule has 0 radical (unpaired) electrons. The molecule has 1 aliphatic heterocycles. The highest BCUT2D eigenvalue weighted by atomic mass is 32.2. The van der Waals surface area contributed by atoms with Gasteiger partial charge in [0.15, 0.2) is 0 Å². The fraction of sp³-hybridized carbons (Fsp3) is 0.242. The van der Waals surface area contributed by atoms with Crippen LogP contribution in [0.1, 0.15) is 29.5 Å². The zero-order chi connectivity index (χ0) is 30.5. The van der Waals surface area contributed by atoms with Gasteiger partial charge in [-0.3, -0.25) is 4.72 Å². The standard InChI is InChI=1S/C33H33FN6O3S/c1-22-13-14-26-27(10-4-12-30(26)40-44(41,42)21-24-8-3-2-7-23(24)19-34)31(22)43-32-28(11-6-17-36-32)29-15-18-37-33(39-29)38-25-9-5-16-35-20-25/h2-4,6-8,10-15,17-18,25,35,40H,5,9,16,19-21H2,1H3,(H,37,38,39). The summed E-state index contributed by atoms with van der Waals surface area (Å²) in [6.45, 7) is 3.07. The van der Waals surface area contributed by atoms with Crippen molar-refractivity contribution in [2.45, 2.75) is 38.2 Å². The molecular formula is C33H33FN6O3S. The summed E-state index contributed by atoms with van der Waals surface area (Å²) in [6.07, 6.45) is 5.51. The van der Waals surface area contributed by atoms with Gasteiger partial charge in [0.1, 0.15) is 12.4 Å². The average molecular weight is 613 g/mol. The first kappa shape index (κ1) is 29.5. The van der Waals surface area contributed by atoms with E-state index in [4.69, 9.17) is 9.72 Å². The monoisotopic (exact) mass is 612 g/mol. The normalized spacial score (nSPS) is 15.2. The van der Waals surface area contributed by atoms with Crippen LogP contribution in [-0.2, 0) is 22.5 Å². The van der Waals surface area contributed by atoms with Gasteiger partial charge < -0.3 is 15.4 Å². The Kier molecular flexibility index (Phi) is 8.67. The van der Waals surface area contributed by atoms with E-state index in [1.807, 2.05) is 43.3 Å². The van der Waals surface area contributed by atoms with Crippen LogP contribution in [0.5, 0.6) is 11.6 Å². The zero-order valence-corrected chi connectivity index (χ0v) is 25.1. The fourth-order valence-corrected chi connectivity index (χ4v) is 6.68. The zero-order valence-electron chi connectivity index (χ0n) is 24.3. The molecule has 9 nitrogen and oxygen atoms in total. The summed E-state index contributed by atoms with van der Waals surface area (Å²) in [4.78, 5) is 13.7. The molecule has 3 aromatic carbocycles. The maximum absolute atomic E-state index is 13.5. The summed E-state index contributed by atoms with van der Waals surface area (Å²) >= 11 is 0. The highest BCUT2D eigenvalue weighted by molar-refractivity contribution is 7.91. The Morgan fingerprint density at radius 1 is 0.955 bits per heavy atom. The Bertz CT molecular complexity index is 1900. The van der Waals surface area contributed by atoms with Crippen LogP contribution in [0.2, 0.25) is 0 Å². The molecule has 44 heavy (non-hydrogen) atoms. The summed E-state index contributed by atoms with van der Waals surface area (Å²) in [5.74, 6) is 1.11. The van der Waals surface area contributed by atoms with Crippen molar-refractivity contribution in [2.75, 3.05) is 23.1 Å². The quantitative estimate of drug-likeness (QED) is 0.167. The number of hydrogen-bond donors (Lipinski definition) is 3. The highest BCUT2D eigenvalue weighted by Crippen LogP contribution is 2.39. The molecule has 1 aliphatic rings. The highest BCUT2D eigenvalue weighted by Gasteiger charge is 2.19. The number of nitrogens with one attached hydrogen (secondary N) is 3. The van der Waals surface area contributed by atoms with Crippen molar-refractivity contribution in [3.05, 3.63) is 102 Å². The van der Waals surface area contributed by atoms with Gasteiger partial charge in [0.25, 0.3) is 0 Å². The molecular weight excluding hydrogens is 579 g/mol. The minimum absolute atomic E-state index is 0.256. The van der Waals surface area contributed by atoms with Gasteiger partial charge >= 0.3 is 0 Å². The number of aryl methyl sites for hydroxylation is 1. The summed E-state index contributed by atoms with van der Waals surface area (Å²) in [5.41, 5.74) is 3.37. The van der Waals surface area contributed by atoms with Crippen molar-refractivity contribution in [3.8, 4) is 22.9 Å². The third kappa shape index (κ3) is 6.63. The van der Waals surface area contributed by atoms with E-state index in [0.29, 0.717) is 56.4 Å². The number of ether oxygens (including phenoxy) is 1. The SMILES string of the molecule is Cc1ccc2c(NS(=O)(=O)Cc3ccccc3CF)cccc2c1Oc1ncccc1-c1ccnc(NC2CCCNC2)n1. The predicted octanol–water partition coefficient (Wildman–Crippen LogP) is 6.37. The Labute approximate surface area is 256 Å². The van der Waals surface area contributed by atoms with Crippen LogP contribution in [-0.4, -0.2) is 42.5 Å². The summed E-state index contributed by atoms with van der Waals surface area (Å²) < 4.78 is 49.0. The summed E-state index contributed by atoms with van der Waals surface area (Å²) in [7, 11) is -3.85.